The van der Waals surface area contributed by atoms with Crippen LogP contribution in [0.1, 0.15) is 11.1 Å². The van der Waals surface area contributed by atoms with Gasteiger partial charge in [0.1, 0.15) is 5.75 Å². The summed E-state index contributed by atoms with van der Waals surface area (Å²) in [5, 5.41) is 11.5. The summed E-state index contributed by atoms with van der Waals surface area (Å²) < 4.78 is 0. The third kappa shape index (κ3) is 2.89. The molecule has 0 bridgehead atoms. The number of phenols is 1. The van der Waals surface area contributed by atoms with Gasteiger partial charge in [0.15, 0.2) is 0 Å². The predicted molar refractivity (Wildman–Crippen MR) is 87.9 cm³/mol. The van der Waals surface area contributed by atoms with Gasteiger partial charge in [0.05, 0.1) is 0 Å². The average Bonchev–Trinajstić information content (AvgIpc) is 2.90. The summed E-state index contributed by atoms with van der Waals surface area (Å²) in [6.45, 7) is 0. The quantitative estimate of drug-likeness (QED) is 0.652. The molecule has 1 nitrogen and oxygen atoms in total. The molecule has 3 rings (SSSR count). The third-order valence-corrected chi connectivity index (χ3v) is 4.51. The molecule has 1 N–H and O–H groups in total. The molecular formula is C17H14OS2. The van der Waals surface area contributed by atoms with Crippen molar-refractivity contribution in [1.82, 2.24) is 0 Å². The van der Waals surface area contributed by atoms with Crippen molar-refractivity contribution < 1.29 is 5.11 Å². The molecule has 0 aliphatic carbocycles. The molecule has 0 aliphatic rings. The predicted octanol–water partition coefficient (Wildman–Crippen LogP) is 5.00. The molecule has 0 spiro atoms. The van der Waals surface area contributed by atoms with Crippen LogP contribution in [0, 0.1) is 0 Å². The van der Waals surface area contributed by atoms with E-state index in [4.69, 9.17) is 0 Å². The first-order valence-corrected chi connectivity index (χ1v) is 7.69. The fraction of sp³-hybridized carbons (Fsp3) is 0.0588. The summed E-state index contributed by atoms with van der Waals surface area (Å²) in [6, 6.07) is 17.8. The van der Waals surface area contributed by atoms with Crippen molar-refractivity contribution in [1.29, 1.82) is 0 Å². The Kier molecular flexibility index (Phi) is 3.81. The Bertz CT molecular complexity index is 697. The highest BCUT2D eigenvalue weighted by atomic mass is 32.1. The highest BCUT2D eigenvalue weighted by Gasteiger charge is 2.07. The Balaban J connectivity index is 1.90. The maximum absolute atomic E-state index is 9.34. The van der Waals surface area contributed by atoms with Gasteiger partial charge in [0.2, 0.25) is 0 Å². The Labute approximate surface area is 128 Å². The first kappa shape index (κ1) is 13.3. The zero-order chi connectivity index (χ0) is 13.9. The molecular weight excluding hydrogens is 284 g/mol. The van der Waals surface area contributed by atoms with E-state index in [-0.39, 0.29) is 0 Å². The lowest BCUT2D eigenvalue weighted by Crippen LogP contribution is -1.88. The number of benzene rings is 2. The second-order valence-corrected chi connectivity index (χ2v) is 6.10. The molecule has 0 atom stereocenters. The third-order valence-electron chi connectivity index (χ3n) is 3.21. The van der Waals surface area contributed by atoms with Crippen LogP contribution in [-0.2, 0) is 6.42 Å². The van der Waals surface area contributed by atoms with Gasteiger partial charge in [-0.25, -0.2) is 0 Å². The van der Waals surface area contributed by atoms with Crippen molar-refractivity contribution in [3.05, 3.63) is 71.1 Å². The van der Waals surface area contributed by atoms with Crippen molar-refractivity contribution >= 4 is 24.0 Å². The molecule has 100 valence electrons. The molecule has 0 unspecified atom stereocenters. The topological polar surface area (TPSA) is 20.2 Å². The molecule has 0 saturated heterocycles. The summed E-state index contributed by atoms with van der Waals surface area (Å²) in [4.78, 5) is 2.27. The van der Waals surface area contributed by atoms with Gasteiger partial charge in [0.25, 0.3) is 0 Å². The largest absolute Gasteiger partial charge is 0.508 e. The minimum absolute atomic E-state index is 0.309. The Morgan fingerprint density at radius 2 is 1.60 bits per heavy atom. The number of rotatable bonds is 3. The molecule has 0 radical (unpaired) electrons. The van der Waals surface area contributed by atoms with Crippen LogP contribution < -0.4 is 0 Å². The molecule has 0 amide bonds. The van der Waals surface area contributed by atoms with Gasteiger partial charge >= 0.3 is 0 Å². The van der Waals surface area contributed by atoms with E-state index in [2.05, 4.69) is 36.2 Å². The van der Waals surface area contributed by atoms with Crippen molar-refractivity contribution in [3.8, 4) is 16.2 Å². The van der Waals surface area contributed by atoms with E-state index < -0.39 is 0 Å². The van der Waals surface area contributed by atoms with E-state index in [0.29, 0.717) is 5.75 Å². The Hall–Kier alpha value is -1.71. The van der Waals surface area contributed by atoms with Crippen LogP contribution in [0.25, 0.3) is 10.4 Å². The van der Waals surface area contributed by atoms with E-state index in [1.807, 2.05) is 24.3 Å². The summed E-state index contributed by atoms with van der Waals surface area (Å²) in [6.07, 6.45) is 0.877. The lowest BCUT2D eigenvalue weighted by molar-refractivity contribution is 0.475. The van der Waals surface area contributed by atoms with Crippen molar-refractivity contribution in [2.75, 3.05) is 0 Å². The van der Waals surface area contributed by atoms with E-state index in [9.17, 15) is 5.11 Å². The minimum Gasteiger partial charge on any atom is -0.508 e. The number of thiol groups is 1. The zero-order valence-electron chi connectivity index (χ0n) is 10.8. The van der Waals surface area contributed by atoms with Crippen LogP contribution in [0.2, 0.25) is 0 Å². The fourth-order valence-electron chi connectivity index (χ4n) is 2.17. The van der Waals surface area contributed by atoms with E-state index in [1.54, 1.807) is 23.5 Å². The molecule has 3 aromatic rings. The number of thiophene rings is 1. The highest BCUT2D eigenvalue weighted by molar-refractivity contribution is 7.80. The summed E-state index contributed by atoms with van der Waals surface area (Å²) in [5.41, 5.74) is 3.74. The zero-order valence-corrected chi connectivity index (χ0v) is 12.5. The van der Waals surface area contributed by atoms with Gasteiger partial charge in [-0.15, -0.1) is 24.0 Å². The lowest BCUT2D eigenvalue weighted by atomic mass is 10.0. The van der Waals surface area contributed by atoms with Crippen LogP contribution in [0.4, 0.5) is 0 Å². The molecule has 2 aromatic carbocycles. The molecule has 0 fully saturated rings. The number of phenolic OH excluding ortho intramolecular Hbond substituents is 1. The molecule has 0 saturated carbocycles. The summed E-state index contributed by atoms with van der Waals surface area (Å²) in [7, 11) is 0. The molecule has 3 heteroatoms. The second kappa shape index (κ2) is 5.73. The SMILES string of the molecule is Oc1ccc(Cc2ccsc2-c2ccc(S)cc2)cc1. The maximum atomic E-state index is 9.34. The Morgan fingerprint density at radius 1 is 0.900 bits per heavy atom. The minimum atomic E-state index is 0.309. The van der Waals surface area contributed by atoms with Gasteiger partial charge < -0.3 is 5.11 Å². The van der Waals surface area contributed by atoms with Crippen LogP contribution in [-0.4, -0.2) is 5.11 Å². The van der Waals surface area contributed by atoms with E-state index in [1.165, 1.54) is 21.6 Å². The van der Waals surface area contributed by atoms with Crippen LogP contribution in [0.3, 0.4) is 0 Å². The number of hydrogen-bond donors (Lipinski definition) is 2. The monoisotopic (exact) mass is 298 g/mol. The van der Waals surface area contributed by atoms with Crippen LogP contribution in [0.15, 0.2) is 64.9 Å². The number of hydrogen-bond acceptors (Lipinski definition) is 3. The lowest BCUT2D eigenvalue weighted by Gasteiger charge is -2.05. The van der Waals surface area contributed by atoms with Gasteiger partial charge in [-0.2, -0.15) is 0 Å². The average molecular weight is 298 g/mol. The maximum Gasteiger partial charge on any atom is 0.115 e. The van der Waals surface area contributed by atoms with Crippen molar-refractivity contribution in [3.63, 3.8) is 0 Å². The van der Waals surface area contributed by atoms with E-state index in [0.717, 1.165) is 11.3 Å². The van der Waals surface area contributed by atoms with Crippen LogP contribution in [0.5, 0.6) is 5.75 Å². The molecule has 1 heterocycles. The van der Waals surface area contributed by atoms with Crippen molar-refractivity contribution in [2.24, 2.45) is 0 Å². The molecule has 0 aliphatic heterocycles. The highest BCUT2D eigenvalue weighted by Crippen LogP contribution is 2.31. The van der Waals surface area contributed by atoms with Gasteiger partial charge in [-0.05, 0) is 58.8 Å². The van der Waals surface area contributed by atoms with E-state index >= 15 is 0 Å². The van der Waals surface area contributed by atoms with Gasteiger partial charge in [-0.3, -0.25) is 0 Å². The Morgan fingerprint density at radius 3 is 2.30 bits per heavy atom. The smallest absolute Gasteiger partial charge is 0.115 e. The summed E-state index contributed by atoms with van der Waals surface area (Å²) in [5.74, 6) is 0.309. The standard InChI is InChI=1S/C17H14OS2/c18-15-5-1-12(2-6-15)11-14-9-10-20-17(14)13-3-7-16(19)8-4-13/h1-10,18-19H,11H2. The molecule has 20 heavy (non-hydrogen) atoms. The number of aromatic hydroxyl groups is 1. The normalized spacial score (nSPS) is 10.7. The van der Waals surface area contributed by atoms with Crippen molar-refractivity contribution in [2.45, 2.75) is 11.3 Å². The molecule has 1 aromatic heterocycles. The van der Waals surface area contributed by atoms with Gasteiger partial charge in [-0.1, -0.05) is 24.3 Å². The van der Waals surface area contributed by atoms with Crippen LogP contribution >= 0.6 is 24.0 Å². The first-order chi connectivity index (χ1) is 9.72. The summed E-state index contributed by atoms with van der Waals surface area (Å²) >= 11 is 6.08. The second-order valence-electron chi connectivity index (χ2n) is 4.67. The first-order valence-electron chi connectivity index (χ1n) is 6.36. The van der Waals surface area contributed by atoms with Gasteiger partial charge in [0, 0.05) is 9.77 Å². The fourth-order valence-corrected chi connectivity index (χ4v) is 3.26.